The first-order valence-corrected chi connectivity index (χ1v) is 6.43. The van der Waals surface area contributed by atoms with Gasteiger partial charge in [-0.2, -0.15) is 0 Å². The molecule has 0 aromatic heterocycles. The molecule has 0 heterocycles. The smallest absolute Gasteiger partial charge is 0.215 e. The summed E-state index contributed by atoms with van der Waals surface area (Å²) in [5, 5.41) is -0.652. The summed E-state index contributed by atoms with van der Waals surface area (Å²) < 4.78 is 38.3. The Labute approximate surface area is 94.7 Å². The first-order chi connectivity index (χ1) is 7.45. The van der Waals surface area contributed by atoms with E-state index in [1.165, 1.54) is 25.1 Å². The van der Waals surface area contributed by atoms with E-state index >= 15 is 0 Å². The van der Waals surface area contributed by atoms with Gasteiger partial charge >= 0.3 is 0 Å². The molecule has 6 heteroatoms. The van der Waals surface area contributed by atoms with Crippen LogP contribution in [0.2, 0.25) is 0 Å². The average molecular weight is 246 g/mol. The van der Waals surface area contributed by atoms with Crippen LogP contribution in [0.5, 0.6) is 0 Å². The molecule has 0 saturated carbocycles. The van der Waals surface area contributed by atoms with Gasteiger partial charge in [-0.15, -0.1) is 0 Å². The van der Waals surface area contributed by atoms with Gasteiger partial charge in [0, 0.05) is 13.1 Å². The molecular formula is C10H15FN2O2S. The zero-order chi connectivity index (χ0) is 12.2. The minimum atomic E-state index is -3.42. The Morgan fingerprint density at radius 1 is 1.50 bits per heavy atom. The normalized spacial score (nSPS) is 13.7. The molecule has 16 heavy (non-hydrogen) atoms. The summed E-state index contributed by atoms with van der Waals surface area (Å²) in [5.74, 6) is -0.386. The molecule has 0 aliphatic carbocycles. The van der Waals surface area contributed by atoms with Crippen LogP contribution < -0.4 is 10.5 Å². The third kappa shape index (κ3) is 3.55. The molecule has 4 nitrogen and oxygen atoms in total. The highest BCUT2D eigenvalue weighted by molar-refractivity contribution is 7.90. The van der Waals surface area contributed by atoms with E-state index in [0.29, 0.717) is 5.56 Å². The van der Waals surface area contributed by atoms with Crippen LogP contribution in [-0.4, -0.2) is 20.2 Å². The van der Waals surface area contributed by atoms with Crippen LogP contribution in [0.25, 0.3) is 0 Å². The number of rotatable bonds is 5. The molecule has 1 unspecified atom stereocenters. The standard InChI is InChI=1S/C10H15FN2O2S/c1-8(6-12)16(14,15)13-7-9-3-2-4-10(11)5-9/h2-5,8,13H,6-7,12H2,1H3. The van der Waals surface area contributed by atoms with Crippen molar-refractivity contribution in [3.05, 3.63) is 35.6 Å². The number of nitrogens with two attached hydrogens (primary N) is 1. The Kier molecular flexibility index (Phi) is 4.40. The molecule has 0 bridgehead atoms. The van der Waals surface area contributed by atoms with E-state index in [2.05, 4.69) is 4.72 Å². The molecule has 0 amide bonds. The first kappa shape index (κ1) is 13.1. The maximum absolute atomic E-state index is 12.8. The third-order valence-electron chi connectivity index (χ3n) is 2.23. The van der Waals surface area contributed by atoms with Crippen molar-refractivity contribution in [1.82, 2.24) is 4.72 Å². The van der Waals surface area contributed by atoms with Crippen LogP contribution in [0.1, 0.15) is 12.5 Å². The van der Waals surface area contributed by atoms with Gasteiger partial charge in [0.05, 0.1) is 5.25 Å². The van der Waals surface area contributed by atoms with Gasteiger partial charge in [0.2, 0.25) is 10.0 Å². The number of hydrogen-bond donors (Lipinski definition) is 2. The summed E-state index contributed by atoms with van der Waals surface area (Å²) in [6.45, 7) is 1.65. The number of nitrogens with one attached hydrogen (secondary N) is 1. The number of sulfonamides is 1. The second-order valence-corrected chi connectivity index (χ2v) is 5.73. The van der Waals surface area contributed by atoms with E-state index in [9.17, 15) is 12.8 Å². The lowest BCUT2D eigenvalue weighted by Gasteiger charge is -2.11. The fourth-order valence-electron chi connectivity index (χ4n) is 1.10. The maximum atomic E-state index is 12.8. The van der Waals surface area contributed by atoms with Crippen LogP contribution in [0.4, 0.5) is 4.39 Å². The van der Waals surface area contributed by atoms with Crippen molar-refractivity contribution < 1.29 is 12.8 Å². The Hall–Kier alpha value is -0.980. The molecule has 0 aliphatic heterocycles. The Bertz CT molecular complexity index is 448. The summed E-state index contributed by atoms with van der Waals surface area (Å²) in [7, 11) is -3.42. The molecule has 1 aromatic rings. The van der Waals surface area contributed by atoms with Gasteiger partial charge < -0.3 is 5.73 Å². The van der Waals surface area contributed by atoms with Crippen molar-refractivity contribution in [1.29, 1.82) is 0 Å². The molecule has 0 fully saturated rings. The second-order valence-electron chi connectivity index (χ2n) is 3.54. The van der Waals surface area contributed by atoms with Crippen molar-refractivity contribution in [2.45, 2.75) is 18.7 Å². The summed E-state index contributed by atoms with van der Waals surface area (Å²) >= 11 is 0. The van der Waals surface area contributed by atoms with Crippen LogP contribution in [0.3, 0.4) is 0 Å². The minimum Gasteiger partial charge on any atom is -0.329 e. The van der Waals surface area contributed by atoms with Gasteiger partial charge in [0.15, 0.2) is 0 Å². The lowest BCUT2D eigenvalue weighted by Crippen LogP contribution is -2.36. The minimum absolute atomic E-state index is 0.0541. The Morgan fingerprint density at radius 2 is 2.19 bits per heavy atom. The van der Waals surface area contributed by atoms with Crippen molar-refractivity contribution in [2.75, 3.05) is 6.54 Å². The average Bonchev–Trinajstić information content (AvgIpc) is 2.25. The lowest BCUT2D eigenvalue weighted by molar-refractivity contribution is 0.568. The van der Waals surface area contributed by atoms with E-state index in [4.69, 9.17) is 5.73 Å². The van der Waals surface area contributed by atoms with E-state index in [0.717, 1.165) is 0 Å². The second kappa shape index (κ2) is 5.38. The summed E-state index contributed by atoms with van der Waals surface area (Å²) in [4.78, 5) is 0. The topological polar surface area (TPSA) is 72.2 Å². The van der Waals surface area contributed by atoms with Crippen molar-refractivity contribution in [3.8, 4) is 0 Å². The van der Waals surface area contributed by atoms with Crippen molar-refractivity contribution in [2.24, 2.45) is 5.73 Å². The summed E-state index contributed by atoms with van der Waals surface area (Å²) in [5.41, 5.74) is 5.85. The molecule has 0 aliphatic rings. The van der Waals surface area contributed by atoms with Crippen LogP contribution in [0.15, 0.2) is 24.3 Å². The Balaban J connectivity index is 2.65. The van der Waals surface area contributed by atoms with E-state index in [-0.39, 0.29) is 18.9 Å². The van der Waals surface area contributed by atoms with E-state index in [1.807, 2.05) is 0 Å². The highest BCUT2D eigenvalue weighted by Crippen LogP contribution is 2.04. The molecule has 1 aromatic carbocycles. The predicted molar refractivity (Wildman–Crippen MR) is 60.7 cm³/mol. The maximum Gasteiger partial charge on any atom is 0.215 e. The summed E-state index contributed by atoms with van der Waals surface area (Å²) in [6, 6.07) is 5.78. The van der Waals surface area contributed by atoms with Gasteiger partial charge in [0.1, 0.15) is 5.82 Å². The zero-order valence-corrected chi connectivity index (χ0v) is 9.80. The number of halogens is 1. The SMILES string of the molecule is CC(CN)S(=O)(=O)NCc1cccc(F)c1. The van der Waals surface area contributed by atoms with Crippen LogP contribution in [-0.2, 0) is 16.6 Å². The zero-order valence-electron chi connectivity index (χ0n) is 8.98. The molecular weight excluding hydrogens is 231 g/mol. The van der Waals surface area contributed by atoms with Gasteiger partial charge in [0.25, 0.3) is 0 Å². The predicted octanol–water partition coefficient (Wildman–Crippen LogP) is 0.592. The molecule has 0 saturated heterocycles. The van der Waals surface area contributed by atoms with Gasteiger partial charge in [-0.3, -0.25) is 0 Å². The summed E-state index contributed by atoms with van der Waals surface area (Å²) in [6.07, 6.45) is 0. The van der Waals surface area contributed by atoms with Gasteiger partial charge in [-0.05, 0) is 24.6 Å². The molecule has 0 radical (unpaired) electrons. The lowest BCUT2D eigenvalue weighted by atomic mass is 10.2. The molecule has 0 spiro atoms. The highest BCUT2D eigenvalue weighted by atomic mass is 32.2. The quantitative estimate of drug-likeness (QED) is 0.798. The van der Waals surface area contributed by atoms with Crippen molar-refractivity contribution >= 4 is 10.0 Å². The first-order valence-electron chi connectivity index (χ1n) is 4.88. The van der Waals surface area contributed by atoms with Crippen LogP contribution >= 0.6 is 0 Å². The fraction of sp³-hybridized carbons (Fsp3) is 0.400. The Morgan fingerprint density at radius 3 is 2.75 bits per heavy atom. The largest absolute Gasteiger partial charge is 0.329 e. The monoisotopic (exact) mass is 246 g/mol. The van der Waals surface area contributed by atoms with E-state index < -0.39 is 15.3 Å². The highest BCUT2D eigenvalue weighted by Gasteiger charge is 2.18. The molecule has 1 rings (SSSR count). The molecule has 90 valence electrons. The van der Waals surface area contributed by atoms with E-state index in [1.54, 1.807) is 6.07 Å². The van der Waals surface area contributed by atoms with Crippen molar-refractivity contribution in [3.63, 3.8) is 0 Å². The number of hydrogen-bond acceptors (Lipinski definition) is 3. The molecule has 1 atom stereocenters. The van der Waals surface area contributed by atoms with Crippen LogP contribution in [0, 0.1) is 5.82 Å². The van der Waals surface area contributed by atoms with Gasteiger partial charge in [-0.25, -0.2) is 17.5 Å². The van der Waals surface area contributed by atoms with Gasteiger partial charge in [-0.1, -0.05) is 12.1 Å². The third-order valence-corrected chi connectivity index (χ3v) is 4.03. The fourth-order valence-corrected chi connectivity index (χ4v) is 2.01. The number of benzene rings is 1. The molecule has 3 N–H and O–H groups in total.